The lowest BCUT2D eigenvalue weighted by Gasteiger charge is -2.34. The molecule has 2 nitrogen and oxygen atoms in total. The average molecular weight is 210 g/mol. The van der Waals surface area contributed by atoms with Crippen LogP contribution in [0.3, 0.4) is 0 Å². The van der Waals surface area contributed by atoms with Crippen molar-refractivity contribution in [3.63, 3.8) is 0 Å². The van der Waals surface area contributed by atoms with E-state index in [1.807, 2.05) is 6.08 Å². The molecule has 0 aromatic carbocycles. The summed E-state index contributed by atoms with van der Waals surface area (Å²) in [6.45, 7) is 13.9. The maximum atomic E-state index is 3.87. The van der Waals surface area contributed by atoms with Crippen molar-refractivity contribution >= 4 is 0 Å². The highest BCUT2D eigenvalue weighted by molar-refractivity contribution is 4.93. The van der Waals surface area contributed by atoms with Crippen LogP contribution in [0.2, 0.25) is 0 Å². The van der Waals surface area contributed by atoms with Crippen LogP contribution in [0.1, 0.15) is 33.6 Å². The minimum atomic E-state index is 0.662. The number of likely N-dealkylation sites (N-methyl/N-ethyl adjacent to an activating group) is 1. The summed E-state index contributed by atoms with van der Waals surface area (Å²) < 4.78 is 0. The average Bonchev–Trinajstić information content (AvgIpc) is 2.99. The van der Waals surface area contributed by atoms with E-state index in [0.29, 0.717) is 12.0 Å². The summed E-state index contributed by atoms with van der Waals surface area (Å²) in [6.07, 6.45) is 4.80. The van der Waals surface area contributed by atoms with Gasteiger partial charge in [-0.25, -0.2) is 0 Å². The predicted octanol–water partition coefficient (Wildman–Crippen LogP) is 2.27. The molecular formula is C13H26N2. The van der Waals surface area contributed by atoms with Crippen molar-refractivity contribution < 1.29 is 0 Å². The first-order valence-corrected chi connectivity index (χ1v) is 6.28. The third-order valence-corrected chi connectivity index (χ3v) is 3.15. The summed E-state index contributed by atoms with van der Waals surface area (Å²) in [5.74, 6) is 0.713. The van der Waals surface area contributed by atoms with E-state index < -0.39 is 0 Å². The van der Waals surface area contributed by atoms with Crippen LogP contribution < -0.4 is 5.32 Å². The Balaban J connectivity index is 2.52. The third-order valence-electron chi connectivity index (χ3n) is 3.15. The predicted molar refractivity (Wildman–Crippen MR) is 67.1 cm³/mol. The lowest BCUT2D eigenvalue weighted by atomic mass is 10.0. The smallest absolute Gasteiger partial charge is 0.0249 e. The summed E-state index contributed by atoms with van der Waals surface area (Å²) >= 11 is 0. The fraction of sp³-hybridized carbons (Fsp3) is 0.846. The van der Waals surface area contributed by atoms with Gasteiger partial charge in [-0.05, 0) is 25.3 Å². The molecule has 0 amide bonds. The van der Waals surface area contributed by atoms with Gasteiger partial charge in [-0.15, -0.1) is 6.58 Å². The van der Waals surface area contributed by atoms with E-state index in [-0.39, 0.29) is 0 Å². The van der Waals surface area contributed by atoms with Gasteiger partial charge in [0.15, 0.2) is 0 Å². The Labute approximate surface area is 94.7 Å². The Morgan fingerprint density at radius 1 is 1.47 bits per heavy atom. The van der Waals surface area contributed by atoms with Crippen LogP contribution in [0, 0.1) is 5.92 Å². The Hall–Kier alpha value is -0.340. The summed E-state index contributed by atoms with van der Waals surface area (Å²) in [4.78, 5) is 2.63. The SMILES string of the molecule is C=CCN(C1CC1)C(CNCC)C(C)C. The minimum Gasteiger partial charge on any atom is -0.315 e. The van der Waals surface area contributed by atoms with Crippen LogP contribution in [0.15, 0.2) is 12.7 Å². The number of hydrogen-bond donors (Lipinski definition) is 1. The van der Waals surface area contributed by atoms with Crippen LogP contribution in [0.25, 0.3) is 0 Å². The molecule has 1 aliphatic rings. The zero-order valence-electron chi connectivity index (χ0n) is 10.5. The molecule has 1 fully saturated rings. The van der Waals surface area contributed by atoms with Crippen molar-refractivity contribution in [3.8, 4) is 0 Å². The molecule has 0 saturated heterocycles. The molecule has 0 spiro atoms. The second-order valence-electron chi connectivity index (χ2n) is 4.84. The Morgan fingerprint density at radius 3 is 2.53 bits per heavy atom. The highest BCUT2D eigenvalue weighted by Crippen LogP contribution is 2.30. The zero-order valence-corrected chi connectivity index (χ0v) is 10.5. The summed E-state index contributed by atoms with van der Waals surface area (Å²) in [7, 11) is 0. The molecular weight excluding hydrogens is 184 g/mol. The first kappa shape index (κ1) is 12.7. The fourth-order valence-electron chi connectivity index (χ4n) is 2.14. The highest BCUT2D eigenvalue weighted by Gasteiger charge is 2.33. The van der Waals surface area contributed by atoms with Crippen LogP contribution in [-0.2, 0) is 0 Å². The van der Waals surface area contributed by atoms with Gasteiger partial charge in [-0.2, -0.15) is 0 Å². The molecule has 0 aromatic heterocycles. The second-order valence-corrected chi connectivity index (χ2v) is 4.84. The standard InChI is InChI=1S/C13H26N2/c1-5-9-15(12-7-8-12)13(11(3)4)10-14-6-2/h5,11-14H,1,6-10H2,2-4H3. The third kappa shape index (κ3) is 3.96. The summed E-state index contributed by atoms with van der Waals surface area (Å²) in [5, 5.41) is 3.48. The molecule has 1 unspecified atom stereocenters. The van der Waals surface area contributed by atoms with Gasteiger partial charge in [0.05, 0.1) is 0 Å². The van der Waals surface area contributed by atoms with E-state index in [4.69, 9.17) is 0 Å². The molecule has 88 valence electrons. The van der Waals surface area contributed by atoms with Crippen molar-refractivity contribution in [1.82, 2.24) is 10.2 Å². The van der Waals surface area contributed by atoms with Crippen molar-refractivity contribution in [2.75, 3.05) is 19.6 Å². The Bertz CT molecular complexity index is 185. The molecule has 15 heavy (non-hydrogen) atoms. The van der Waals surface area contributed by atoms with Gasteiger partial charge in [0.1, 0.15) is 0 Å². The molecule has 0 heterocycles. The van der Waals surface area contributed by atoms with E-state index in [9.17, 15) is 0 Å². The number of hydrogen-bond acceptors (Lipinski definition) is 2. The van der Waals surface area contributed by atoms with Crippen LogP contribution in [-0.4, -0.2) is 36.6 Å². The van der Waals surface area contributed by atoms with Gasteiger partial charge >= 0.3 is 0 Å². The maximum Gasteiger partial charge on any atom is 0.0249 e. The van der Waals surface area contributed by atoms with Gasteiger partial charge in [0.25, 0.3) is 0 Å². The molecule has 1 rings (SSSR count). The maximum absolute atomic E-state index is 3.87. The van der Waals surface area contributed by atoms with Crippen molar-refractivity contribution in [2.45, 2.75) is 45.7 Å². The summed E-state index contributed by atoms with van der Waals surface area (Å²) in [6, 6.07) is 1.49. The number of nitrogens with zero attached hydrogens (tertiary/aromatic N) is 1. The van der Waals surface area contributed by atoms with E-state index in [1.54, 1.807) is 0 Å². The number of nitrogens with one attached hydrogen (secondary N) is 1. The highest BCUT2D eigenvalue weighted by atomic mass is 15.2. The number of rotatable bonds is 8. The first-order chi connectivity index (χ1) is 7.20. The van der Waals surface area contributed by atoms with E-state index >= 15 is 0 Å². The minimum absolute atomic E-state index is 0.662. The molecule has 0 bridgehead atoms. The largest absolute Gasteiger partial charge is 0.315 e. The van der Waals surface area contributed by atoms with Crippen LogP contribution >= 0.6 is 0 Å². The molecule has 1 saturated carbocycles. The van der Waals surface area contributed by atoms with E-state index in [1.165, 1.54) is 12.8 Å². The normalized spacial score (nSPS) is 18.5. The van der Waals surface area contributed by atoms with Gasteiger partial charge in [-0.3, -0.25) is 4.90 Å². The van der Waals surface area contributed by atoms with Crippen molar-refractivity contribution in [1.29, 1.82) is 0 Å². The van der Waals surface area contributed by atoms with Crippen LogP contribution in [0.4, 0.5) is 0 Å². The Morgan fingerprint density at radius 2 is 2.13 bits per heavy atom. The van der Waals surface area contributed by atoms with Gasteiger partial charge in [0, 0.05) is 25.2 Å². The van der Waals surface area contributed by atoms with Crippen LogP contribution in [0.5, 0.6) is 0 Å². The second kappa shape index (κ2) is 6.29. The summed E-state index contributed by atoms with van der Waals surface area (Å²) in [5.41, 5.74) is 0. The Kier molecular flexibility index (Phi) is 5.34. The molecule has 0 aromatic rings. The van der Waals surface area contributed by atoms with Crippen molar-refractivity contribution in [3.05, 3.63) is 12.7 Å². The molecule has 2 heteroatoms. The zero-order chi connectivity index (χ0) is 11.3. The lowest BCUT2D eigenvalue weighted by molar-refractivity contribution is 0.159. The lowest BCUT2D eigenvalue weighted by Crippen LogP contribution is -2.46. The molecule has 1 aliphatic carbocycles. The van der Waals surface area contributed by atoms with Gasteiger partial charge < -0.3 is 5.32 Å². The van der Waals surface area contributed by atoms with E-state index in [2.05, 4.69) is 37.6 Å². The molecule has 1 N–H and O–H groups in total. The monoisotopic (exact) mass is 210 g/mol. The topological polar surface area (TPSA) is 15.3 Å². The molecule has 1 atom stereocenters. The fourth-order valence-corrected chi connectivity index (χ4v) is 2.14. The first-order valence-electron chi connectivity index (χ1n) is 6.28. The van der Waals surface area contributed by atoms with Gasteiger partial charge in [-0.1, -0.05) is 26.8 Å². The molecule has 0 radical (unpaired) electrons. The van der Waals surface area contributed by atoms with Crippen molar-refractivity contribution in [2.24, 2.45) is 5.92 Å². The van der Waals surface area contributed by atoms with Gasteiger partial charge in [0.2, 0.25) is 0 Å². The quantitative estimate of drug-likeness (QED) is 0.618. The van der Waals surface area contributed by atoms with E-state index in [0.717, 1.165) is 25.7 Å². The molecule has 0 aliphatic heterocycles.